The molecule has 7 rings (SSSR count). The molecule has 1 aliphatic rings. The first-order chi connectivity index (χ1) is 18.2. The predicted octanol–water partition coefficient (Wildman–Crippen LogP) is 8.60. The summed E-state index contributed by atoms with van der Waals surface area (Å²) >= 11 is 5.75. The molecule has 0 saturated carbocycles. The van der Waals surface area contributed by atoms with E-state index >= 15 is 0 Å². The highest BCUT2D eigenvalue weighted by atomic mass is 32.2. The van der Waals surface area contributed by atoms with Crippen LogP contribution in [0, 0.1) is 0 Å². The molecule has 0 amide bonds. The second kappa shape index (κ2) is 9.25. The van der Waals surface area contributed by atoms with Gasteiger partial charge >= 0.3 is 0 Å². The maximum absolute atomic E-state index is 3.79. The lowest BCUT2D eigenvalue weighted by Gasteiger charge is -2.14. The third-order valence-corrected chi connectivity index (χ3v) is 9.16. The molecule has 1 aliphatic heterocycles. The fourth-order valence-corrected chi connectivity index (χ4v) is 6.88. The Hall–Kier alpha value is -3.24. The lowest BCUT2D eigenvalue weighted by Crippen LogP contribution is -2.08. The number of rotatable bonds is 5. The van der Waals surface area contributed by atoms with E-state index in [-0.39, 0.29) is 0 Å². The van der Waals surface area contributed by atoms with Crippen LogP contribution in [0.25, 0.3) is 54.6 Å². The summed E-state index contributed by atoms with van der Waals surface area (Å²) in [4.78, 5) is 4.96. The van der Waals surface area contributed by atoms with E-state index in [1.165, 1.54) is 72.6 Å². The van der Waals surface area contributed by atoms with Crippen molar-refractivity contribution >= 4 is 56.7 Å². The molecule has 1 heterocycles. The minimum atomic E-state index is 0.546. The molecule has 1 saturated heterocycles. The van der Waals surface area contributed by atoms with Crippen molar-refractivity contribution in [2.45, 2.75) is 22.1 Å². The molecule has 0 bridgehead atoms. The summed E-state index contributed by atoms with van der Waals surface area (Å²) in [6.07, 6.45) is 0. The maximum Gasteiger partial charge on any atom is 0.158 e. The quantitative estimate of drug-likeness (QED) is 0.129. The number of benzene rings is 6. The number of fused-ring (bicyclic) bond motifs is 3. The average molecular weight is 515 g/mol. The molecule has 0 radical (unpaired) electrons. The number of nitrogens with zero attached hydrogens (tertiary/aromatic N) is 1. The summed E-state index contributed by atoms with van der Waals surface area (Å²) in [5.74, 6) is 0. The fraction of sp³-hybridized carbons (Fsp3) is 0.118. The van der Waals surface area contributed by atoms with Crippen LogP contribution >= 0.6 is 11.8 Å². The van der Waals surface area contributed by atoms with Crippen LogP contribution in [0.15, 0.2) is 119 Å². The molecule has 3 heteroatoms. The van der Waals surface area contributed by atoms with Gasteiger partial charge in [0, 0.05) is 23.4 Å². The van der Waals surface area contributed by atoms with Crippen LogP contribution in [0.4, 0.5) is 0 Å². The summed E-state index contributed by atoms with van der Waals surface area (Å²) in [5, 5.41) is 8.19. The minimum Gasteiger partial charge on any atom is -0.289 e. The highest BCUT2D eigenvalue weighted by molar-refractivity contribution is 7.99. The summed E-state index contributed by atoms with van der Waals surface area (Å²) in [6.45, 7) is 4.77. The van der Waals surface area contributed by atoms with Gasteiger partial charge in [0.25, 0.3) is 0 Å². The third kappa shape index (κ3) is 4.21. The Balaban J connectivity index is 1.32. The maximum atomic E-state index is 3.79. The first-order valence-corrected chi connectivity index (χ1v) is 14.2. The SMILES string of the molecule is C[C@H](Sc1ccc2cc(-c3cccc4c(-c5ccc([SH2+])c6ccccc56)cccc34)ccc2c1)N1CC1. The Kier molecular flexibility index (Phi) is 5.73. The van der Waals surface area contributed by atoms with Crippen molar-refractivity contribution in [1.29, 1.82) is 0 Å². The molecule has 37 heavy (non-hydrogen) atoms. The van der Waals surface area contributed by atoms with Crippen molar-refractivity contribution in [2.24, 2.45) is 0 Å². The lowest BCUT2D eigenvalue weighted by atomic mass is 9.90. The van der Waals surface area contributed by atoms with Gasteiger partial charge in [-0.05, 0) is 105 Å². The molecule has 0 aromatic heterocycles. The molecule has 180 valence electrons. The Morgan fingerprint density at radius 3 is 2.05 bits per heavy atom. The van der Waals surface area contributed by atoms with Crippen LogP contribution in [0.2, 0.25) is 0 Å². The van der Waals surface area contributed by atoms with Gasteiger partial charge in [-0.25, -0.2) is 0 Å². The first kappa shape index (κ1) is 22.9. The second-order valence-electron chi connectivity index (χ2n) is 9.89. The molecule has 0 unspecified atom stereocenters. The van der Waals surface area contributed by atoms with E-state index < -0.39 is 0 Å². The fourth-order valence-electron chi connectivity index (χ4n) is 5.49. The topological polar surface area (TPSA) is 3.01 Å². The van der Waals surface area contributed by atoms with E-state index in [1.807, 2.05) is 11.8 Å². The molecular formula is C34H28NS2+. The van der Waals surface area contributed by atoms with Crippen molar-refractivity contribution in [3.63, 3.8) is 0 Å². The van der Waals surface area contributed by atoms with Gasteiger partial charge in [-0.3, -0.25) is 4.90 Å². The van der Waals surface area contributed by atoms with E-state index in [9.17, 15) is 0 Å². The number of thioether (sulfide) groups is 1. The molecule has 1 fully saturated rings. The van der Waals surface area contributed by atoms with Crippen LogP contribution in [0.1, 0.15) is 6.92 Å². The van der Waals surface area contributed by atoms with E-state index in [0.717, 1.165) is 4.90 Å². The summed E-state index contributed by atoms with van der Waals surface area (Å²) < 4.78 is 0. The zero-order valence-electron chi connectivity index (χ0n) is 20.7. The lowest BCUT2D eigenvalue weighted by molar-refractivity contribution is 0.553. The van der Waals surface area contributed by atoms with Crippen LogP contribution < -0.4 is 0 Å². The molecule has 0 N–H and O–H groups in total. The monoisotopic (exact) mass is 514 g/mol. The Labute approximate surface area is 227 Å². The number of hydrogen-bond donors (Lipinski definition) is 0. The van der Waals surface area contributed by atoms with Gasteiger partial charge in [-0.15, -0.1) is 11.8 Å². The van der Waals surface area contributed by atoms with Gasteiger partial charge in [0.15, 0.2) is 4.90 Å². The van der Waals surface area contributed by atoms with Gasteiger partial charge in [0.2, 0.25) is 0 Å². The van der Waals surface area contributed by atoms with Gasteiger partial charge < -0.3 is 0 Å². The first-order valence-electron chi connectivity index (χ1n) is 12.9. The molecule has 0 aliphatic carbocycles. The Morgan fingerprint density at radius 1 is 0.622 bits per heavy atom. The van der Waals surface area contributed by atoms with Gasteiger partial charge in [0.05, 0.1) is 5.37 Å². The molecular weight excluding hydrogens is 487 g/mol. The molecule has 1 nitrogen and oxygen atoms in total. The standard InChI is InChI=1S/C34H27NS2/c1-22(35-18-19-35)37-26-15-14-23-20-25(13-12-24(23)21-26)27-8-4-10-29-28(27)9-5-11-30(29)32-16-17-34(36)33-7-3-2-6-31(32)33/h2-17,20-22,36H,18-19H2,1H3/p+1/t22-/m0/s1. The largest absolute Gasteiger partial charge is 0.289 e. The van der Waals surface area contributed by atoms with Crippen molar-refractivity contribution in [3.8, 4) is 22.3 Å². The van der Waals surface area contributed by atoms with Gasteiger partial charge in [-0.2, -0.15) is 0 Å². The van der Waals surface area contributed by atoms with Crippen LogP contribution in [0.3, 0.4) is 0 Å². The minimum absolute atomic E-state index is 0.546. The summed E-state index contributed by atoms with van der Waals surface area (Å²) in [7, 11) is 0. The Bertz CT molecular complexity index is 1800. The summed E-state index contributed by atoms with van der Waals surface area (Å²) in [6, 6.07) is 40.2. The van der Waals surface area contributed by atoms with E-state index in [0.29, 0.717) is 5.37 Å². The molecule has 6 aromatic carbocycles. The molecule has 1 atom stereocenters. The van der Waals surface area contributed by atoms with E-state index in [4.69, 9.17) is 0 Å². The van der Waals surface area contributed by atoms with Gasteiger partial charge in [0.1, 0.15) is 0 Å². The van der Waals surface area contributed by atoms with Gasteiger partial charge in [-0.1, -0.05) is 72.8 Å². The highest BCUT2D eigenvalue weighted by Gasteiger charge is 2.24. The van der Waals surface area contributed by atoms with Crippen molar-refractivity contribution in [1.82, 2.24) is 4.90 Å². The third-order valence-electron chi connectivity index (χ3n) is 7.56. The van der Waals surface area contributed by atoms with Crippen LogP contribution in [-0.4, -0.2) is 23.4 Å². The molecule has 0 spiro atoms. The van der Waals surface area contributed by atoms with E-state index in [1.54, 1.807) is 0 Å². The number of hydrogen-bond acceptors (Lipinski definition) is 2. The predicted molar refractivity (Wildman–Crippen MR) is 165 cm³/mol. The average Bonchev–Trinajstić information content (AvgIpc) is 3.79. The normalized spacial score (nSPS) is 14.4. The highest BCUT2D eigenvalue weighted by Crippen LogP contribution is 2.39. The molecule has 6 aromatic rings. The van der Waals surface area contributed by atoms with Crippen LogP contribution in [0.5, 0.6) is 0 Å². The van der Waals surface area contributed by atoms with Crippen molar-refractivity contribution in [2.75, 3.05) is 13.1 Å². The second-order valence-corrected chi connectivity index (χ2v) is 11.8. The Morgan fingerprint density at radius 2 is 1.24 bits per heavy atom. The van der Waals surface area contributed by atoms with Crippen LogP contribution in [-0.2, 0) is 12.6 Å². The zero-order chi connectivity index (χ0) is 24.9. The van der Waals surface area contributed by atoms with Crippen molar-refractivity contribution < 1.29 is 0 Å². The summed E-state index contributed by atoms with van der Waals surface area (Å²) in [5.41, 5.74) is 5.07. The zero-order valence-corrected chi connectivity index (χ0v) is 22.6. The smallest absolute Gasteiger partial charge is 0.158 e. The van der Waals surface area contributed by atoms with E-state index in [2.05, 4.69) is 134 Å². The van der Waals surface area contributed by atoms with Crippen molar-refractivity contribution in [3.05, 3.63) is 109 Å².